The summed E-state index contributed by atoms with van der Waals surface area (Å²) in [4.78, 5) is 24.6. The first-order chi connectivity index (χ1) is 15.1. The number of esters is 1. The maximum absolute atomic E-state index is 12.3. The topological polar surface area (TPSA) is 111 Å². The number of hydrogen-bond acceptors (Lipinski definition) is 7. The van der Waals surface area contributed by atoms with E-state index in [1.807, 2.05) is 6.92 Å². The van der Waals surface area contributed by atoms with E-state index in [-0.39, 0.29) is 21.2 Å². The van der Waals surface area contributed by atoms with Gasteiger partial charge < -0.3 is 19.5 Å². The Kier molecular flexibility index (Phi) is 8.88. The summed E-state index contributed by atoms with van der Waals surface area (Å²) in [6.07, 6.45) is 0. The predicted octanol–water partition coefficient (Wildman–Crippen LogP) is 3.18. The van der Waals surface area contributed by atoms with E-state index in [9.17, 15) is 18.0 Å². The minimum absolute atomic E-state index is 0.0444. The number of nitrogens with zero attached hydrogens (tertiary/aromatic N) is 1. The van der Waals surface area contributed by atoms with Crippen LogP contribution in [0.25, 0.3) is 0 Å². The molecule has 32 heavy (non-hydrogen) atoms. The van der Waals surface area contributed by atoms with Gasteiger partial charge in [-0.25, -0.2) is 17.5 Å². The van der Waals surface area contributed by atoms with Crippen LogP contribution in [0.2, 0.25) is 5.02 Å². The van der Waals surface area contributed by atoms with Crippen molar-refractivity contribution in [3.8, 4) is 11.5 Å². The van der Waals surface area contributed by atoms with Gasteiger partial charge >= 0.3 is 5.97 Å². The fourth-order valence-corrected chi connectivity index (χ4v) is 3.64. The van der Waals surface area contributed by atoms with Crippen molar-refractivity contribution in [2.75, 3.05) is 39.2 Å². The van der Waals surface area contributed by atoms with Crippen molar-refractivity contribution in [2.24, 2.45) is 0 Å². The number of halogens is 1. The molecular formula is C21H25ClN2O7S. The van der Waals surface area contributed by atoms with Crippen molar-refractivity contribution in [3.05, 3.63) is 47.0 Å². The third kappa shape index (κ3) is 6.35. The number of hydrogen-bond donors (Lipinski definition) is 1. The first kappa shape index (κ1) is 25.4. The predicted molar refractivity (Wildman–Crippen MR) is 120 cm³/mol. The number of rotatable bonds is 10. The van der Waals surface area contributed by atoms with Crippen molar-refractivity contribution in [1.29, 1.82) is 0 Å². The standard InChI is InChI=1S/C21H25ClN2O7S/c1-5-29-18-10-7-14(11-19(18)30-6-2)21(26)31-13-20(25)23-17-12-15(8-9-16(17)22)32(27,28)24(3)4/h7-12H,5-6,13H2,1-4H3,(H,23,25). The molecule has 0 aliphatic carbocycles. The minimum Gasteiger partial charge on any atom is -0.490 e. The van der Waals surface area contributed by atoms with E-state index in [0.717, 1.165) is 4.31 Å². The molecule has 0 atom stereocenters. The van der Waals surface area contributed by atoms with Crippen LogP contribution in [0.15, 0.2) is 41.3 Å². The van der Waals surface area contributed by atoms with Crippen molar-refractivity contribution >= 4 is 39.2 Å². The van der Waals surface area contributed by atoms with Gasteiger partial charge in [0, 0.05) is 14.1 Å². The van der Waals surface area contributed by atoms with Gasteiger partial charge in [-0.2, -0.15) is 0 Å². The quantitative estimate of drug-likeness (QED) is 0.515. The minimum atomic E-state index is -3.71. The van der Waals surface area contributed by atoms with Crippen LogP contribution in [0.1, 0.15) is 24.2 Å². The molecule has 1 N–H and O–H groups in total. The lowest BCUT2D eigenvalue weighted by atomic mass is 10.2. The van der Waals surface area contributed by atoms with E-state index in [2.05, 4.69) is 5.32 Å². The van der Waals surface area contributed by atoms with Gasteiger partial charge in [0.25, 0.3) is 5.91 Å². The summed E-state index contributed by atoms with van der Waals surface area (Å²) in [5, 5.41) is 2.58. The Morgan fingerprint density at radius 3 is 2.28 bits per heavy atom. The molecule has 0 bridgehead atoms. The van der Waals surface area contributed by atoms with Crippen LogP contribution in [0.4, 0.5) is 5.69 Å². The Morgan fingerprint density at radius 2 is 1.66 bits per heavy atom. The Hall–Kier alpha value is -2.82. The van der Waals surface area contributed by atoms with E-state index >= 15 is 0 Å². The second-order valence-electron chi connectivity index (χ2n) is 6.58. The largest absolute Gasteiger partial charge is 0.490 e. The van der Waals surface area contributed by atoms with Crippen molar-refractivity contribution in [2.45, 2.75) is 18.7 Å². The third-order valence-corrected chi connectivity index (χ3v) is 6.24. The smallest absolute Gasteiger partial charge is 0.338 e. The Labute approximate surface area is 192 Å². The molecule has 2 aromatic carbocycles. The van der Waals surface area contributed by atoms with Gasteiger partial charge in [0.05, 0.1) is 34.4 Å². The van der Waals surface area contributed by atoms with Crippen LogP contribution >= 0.6 is 11.6 Å². The number of amides is 1. The zero-order valence-electron chi connectivity index (χ0n) is 18.2. The molecule has 1 amide bonds. The first-order valence-corrected chi connectivity index (χ1v) is 11.5. The number of sulfonamides is 1. The number of nitrogens with one attached hydrogen (secondary N) is 1. The monoisotopic (exact) mass is 484 g/mol. The van der Waals surface area contributed by atoms with Crippen LogP contribution in [0.5, 0.6) is 11.5 Å². The van der Waals surface area contributed by atoms with Gasteiger partial charge in [0.1, 0.15) is 0 Å². The summed E-state index contributed by atoms with van der Waals surface area (Å²) >= 11 is 6.06. The fraction of sp³-hybridized carbons (Fsp3) is 0.333. The van der Waals surface area contributed by atoms with E-state index in [4.69, 9.17) is 25.8 Å². The van der Waals surface area contributed by atoms with Gasteiger partial charge in [0.2, 0.25) is 10.0 Å². The molecule has 0 saturated carbocycles. The van der Waals surface area contributed by atoms with Crippen LogP contribution in [0, 0.1) is 0 Å². The Balaban J connectivity index is 2.07. The zero-order valence-corrected chi connectivity index (χ0v) is 19.7. The summed E-state index contributed by atoms with van der Waals surface area (Å²) in [5.41, 5.74) is 0.261. The molecule has 0 unspecified atom stereocenters. The summed E-state index contributed by atoms with van der Waals surface area (Å²) in [7, 11) is -0.938. The summed E-state index contributed by atoms with van der Waals surface area (Å²) < 4.78 is 41.6. The molecule has 0 saturated heterocycles. The molecule has 11 heteroatoms. The second kappa shape index (κ2) is 11.2. The van der Waals surface area contributed by atoms with E-state index < -0.39 is 28.5 Å². The Bertz CT molecular complexity index is 1090. The average Bonchev–Trinajstić information content (AvgIpc) is 2.74. The average molecular weight is 485 g/mol. The maximum Gasteiger partial charge on any atom is 0.338 e. The van der Waals surface area contributed by atoms with Crippen LogP contribution in [0.3, 0.4) is 0 Å². The zero-order chi connectivity index (χ0) is 23.9. The van der Waals surface area contributed by atoms with Gasteiger partial charge in [-0.1, -0.05) is 11.6 Å². The van der Waals surface area contributed by atoms with Crippen LogP contribution in [-0.2, 0) is 19.6 Å². The summed E-state index contributed by atoms with van der Waals surface area (Å²) in [6.45, 7) is 3.84. The van der Waals surface area contributed by atoms with Gasteiger partial charge in [0.15, 0.2) is 18.1 Å². The maximum atomic E-state index is 12.3. The molecule has 174 valence electrons. The highest BCUT2D eigenvalue weighted by atomic mass is 35.5. The Morgan fingerprint density at radius 1 is 1.00 bits per heavy atom. The lowest BCUT2D eigenvalue weighted by Gasteiger charge is -2.14. The highest BCUT2D eigenvalue weighted by molar-refractivity contribution is 7.89. The van der Waals surface area contributed by atoms with Crippen molar-refractivity contribution in [3.63, 3.8) is 0 Å². The molecule has 0 aromatic heterocycles. The molecular weight excluding hydrogens is 460 g/mol. The van der Waals surface area contributed by atoms with E-state index in [1.54, 1.807) is 13.0 Å². The molecule has 0 heterocycles. The molecule has 0 radical (unpaired) electrons. The molecule has 0 aliphatic heterocycles. The number of benzene rings is 2. The van der Waals surface area contributed by atoms with Crippen LogP contribution < -0.4 is 14.8 Å². The highest BCUT2D eigenvalue weighted by Crippen LogP contribution is 2.29. The third-order valence-electron chi connectivity index (χ3n) is 4.10. The molecule has 0 spiro atoms. The normalized spacial score (nSPS) is 11.2. The number of carbonyl (C=O) groups excluding carboxylic acids is 2. The molecule has 9 nitrogen and oxygen atoms in total. The molecule has 2 aromatic rings. The van der Waals surface area contributed by atoms with Gasteiger partial charge in [-0.3, -0.25) is 4.79 Å². The van der Waals surface area contributed by atoms with E-state index in [0.29, 0.717) is 24.7 Å². The van der Waals surface area contributed by atoms with Gasteiger partial charge in [-0.15, -0.1) is 0 Å². The van der Waals surface area contributed by atoms with Crippen LogP contribution in [-0.4, -0.2) is 58.5 Å². The molecule has 0 aliphatic rings. The summed E-state index contributed by atoms with van der Waals surface area (Å²) in [6, 6.07) is 8.48. The van der Waals surface area contributed by atoms with Gasteiger partial charge in [-0.05, 0) is 50.2 Å². The number of ether oxygens (including phenoxy) is 3. The highest BCUT2D eigenvalue weighted by Gasteiger charge is 2.20. The SMILES string of the molecule is CCOc1ccc(C(=O)OCC(=O)Nc2cc(S(=O)(=O)N(C)C)ccc2Cl)cc1OCC. The van der Waals surface area contributed by atoms with Crippen molar-refractivity contribution < 1.29 is 32.2 Å². The fourth-order valence-electron chi connectivity index (χ4n) is 2.55. The lowest BCUT2D eigenvalue weighted by molar-refractivity contribution is -0.119. The van der Waals surface area contributed by atoms with Crippen molar-refractivity contribution in [1.82, 2.24) is 4.31 Å². The number of carbonyl (C=O) groups is 2. The summed E-state index contributed by atoms with van der Waals surface area (Å²) in [5.74, 6) is -0.542. The molecule has 0 fully saturated rings. The van der Waals surface area contributed by atoms with E-state index in [1.165, 1.54) is 44.4 Å². The lowest BCUT2D eigenvalue weighted by Crippen LogP contribution is -2.23. The first-order valence-electron chi connectivity index (χ1n) is 9.68. The second-order valence-corrected chi connectivity index (χ2v) is 9.14. The number of anilines is 1. The molecule has 2 rings (SSSR count).